The number of alkyl halides is 12. The molecule has 0 atom stereocenters. The summed E-state index contributed by atoms with van der Waals surface area (Å²) in [5, 5.41) is 0. The van der Waals surface area contributed by atoms with Gasteiger partial charge in [0.1, 0.15) is 0 Å². The van der Waals surface area contributed by atoms with E-state index in [0.717, 1.165) is 0 Å². The van der Waals surface area contributed by atoms with Crippen LogP contribution >= 0.6 is 116 Å². The standard InChI is InChI=1S/C5Cl10F2/c6-1(7,4(10,11)12)3(16,17)2(8,9)5(13,14)15. The number of hydrogen-bond donors (Lipinski definition) is 0. The van der Waals surface area contributed by atoms with Gasteiger partial charge >= 0.3 is 5.92 Å². The molecule has 0 aromatic rings. The van der Waals surface area contributed by atoms with Crippen molar-refractivity contribution < 1.29 is 8.78 Å². The van der Waals surface area contributed by atoms with E-state index in [1.165, 1.54) is 0 Å². The monoisotopic (exact) mass is 448 g/mol. The van der Waals surface area contributed by atoms with Gasteiger partial charge in [0.15, 0.2) is 0 Å². The maximum absolute atomic E-state index is 13.9. The summed E-state index contributed by atoms with van der Waals surface area (Å²) in [5.74, 6) is -4.47. The van der Waals surface area contributed by atoms with Crippen molar-refractivity contribution in [1.29, 1.82) is 0 Å². The Morgan fingerprint density at radius 2 is 0.647 bits per heavy atom. The molecule has 0 spiro atoms. The first-order valence-electron chi connectivity index (χ1n) is 3.27. The molecule has 0 aromatic carbocycles. The summed E-state index contributed by atoms with van der Waals surface area (Å²) in [4.78, 5) is 0. The third-order valence-electron chi connectivity index (χ3n) is 1.50. The van der Waals surface area contributed by atoms with Crippen LogP contribution in [0.1, 0.15) is 0 Å². The summed E-state index contributed by atoms with van der Waals surface area (Å²) in [7, 11) is 0. The number of halogens is 12. The van der Waals surface area contributed by atoms with Crippen LogP contribution in [-0.4, -0.2) is 22.2 Å². The second-order valence-corrected chi connectivity index (χ2v) is 9.94. The van der Waals surface area contributed by atoms with Crippen LogP contribution in [-0.2, 0) is 0 Å². The van der Waals surface area contributed by atoms with E-state index in [4.69, 9.17) is 116 Å². The largest absolute Gasteiger partial charge is 0.321 e. The van der Waals surface area contributed by atoms with Crippen molar-refractivity contribution in [3.8, 4) is 0 Å². The van der Waals surface area contributed by atoms with Crippen LogP contribution in [0.2, 0.25) is 0 Å². The highest BCUT2D eigenvalue weighted by molar-refractivity contribution is 6.78. The van der Waals surface area contributed by atoms with Crippen LogP contribution in [0.4, 0.5) is 8.78 Å². The van der Waals surface area contributed by atoms with Gasteiger partial charge in [-0.2, -0.15) is 8.78 Å². The molecule has 0 aliphatic carbocycles. The van der Waals surface area contributed by atoms with E-state index < -0.39 is 22.2 Å². The van der Waals surface area contributed by atoms with Gasteiger partial charge in [0, 0.05) is 0 Å². The minimum atomic E-state index is -4.47. The zero-order chi connectivity index (χ0) is 14.5. The smallest absolute Gasteiger partial charge is 0.200 e. The fourth-order valence-corrected chi connectivity index (χ4v) is 2.03. The Morgan fingerprint density at radius 3 is 0.765 bits per heavy atom. The van der Waals surface area contributed by atoms with E-state index in [-0.39, 0.29) is 0 Å². The molecule has 0 aromatic heterocycles. The first-order chi connectivity index (χ1) is 7.00. The fourth-order valence-electron chi connectivity index (χ4n) is 0.553. The molecule has 12 heteroatoms. The van der Waals surface area contributed by atoms with Gasteiger partial charge in [0.25, 0.3) is 0 Å². The molecule has 0 heterocycles. The zero-order valence-corrected chi connectivity index (χ0v) is 14.6. The highest BCUT2D eigenvalue weighted by Gasteiger charge is 2.76. The van der Waals surface area contributed by atoms with Gasteiger partial charge < -0.3 is 0 Å². The Morgan fingerprint density at radius 1 is 0.471 bits per heavy atom. The van der Waals surface area contributed by atoms with Crippen molar-refractivity contribution in [2.24, 2.45) is 0 Å². The third-order valence-corrected chi connectivity index (χ3v) is 6.45. The SMILES string of the molecule is FC(F)(C(Cl)(Cl)C(Cl)(Cl)Cl)C(Cl)(Cl)C(Cl)(Cl)Cl. The fraction of sp³-hybridized carbons (Fsp3) is 1.00. The van der Waals surface area contributed by atoms with E-state index in [2.05, 4.69) is 0 Å². The molecule has 0 bridgehead atoms. The summed E-state index contributed by atoms with van der Waals surface area (Å²) >= 11 is 52.3. The van der Waals surface area contributed by atoms with Crippen molar-refractivity contribution >= 4 is 116 Å². The molecular formula is C5Cl10F2. The predicted molar refractivity (Wildman–Crippen MR) is 74.4 cm³/mol. The van der Waals surface area contributed by atoms with E-state index in [1.54, 1.807) is 0 Å². The van der Waals surface area contributed by atoms with Crippen LogP contribution in [0.5, 0.6) is 0 Å². The van der Waals surface area contributed by atoms with Crippen molar-refractivity contribution in [1.82, 2.24) is 0 Å². The van der Waals surface area contributed by atoms with E-state index in [0.29, 0.717) is 0 Å². The van der Waals surface area contributed by atoms with Crippen LogP contribution < -0.4 is 0 Å². The summed E-state index contributed by atoms with van der Waals surface area (Å²) < 4.78 is 15.5. The molecule has 0 saturated heterocycles. The molecule has 0 amide bonds. The van der Waals surface area contributed by atoms with Gasteiger partial charge in [-0.1, -0.05) is 116 Å². The van der Waals surface area contributed by atoms with Gasteiger partial charge in [-0.05, 0) is 0 Å². The molecular weight excluding hydrogens is 453 g/mol. The van der Waals surface area contributed by atoms with Crippen molar-refractivity contribution in [2.45, 2.75) is 22.2 Å². The van der Waals surface area contributed by atoms with E-state index in [9.17, 15) is 8.78 Å². The molecule has 0 radical (unpaired) electrons. The maximum atomic E-state index is 13.9. The Labute approximate surface area is 146 Å². The minimum Gasteiger partial charge on any atom is -0.200 e. The Bertz CT molecular complexity index is 258. The van der Waals surface area contributed by atoms with E-state index >= 15 is 0 Å². The molecule has 17 heavy (non-hydrogen) atoms. The Hall–Kier alpha value is 2.76. The van der Waals surface area contributed by atoms with Crippen LogP contribution in [0.15, 0.2) is 0 Å². The molecule has 0 nitrogen and oxygen atoms in total. The van der Waals surface area contributed by atoms with Gasteiger partial charge in [-0.25, -0.2) is 0 Å². The van der Waals surface area contributed by atoms with Gasteiger partial charge in [0.05, 0.1) is 0 Å². The van der Waals surface area contributed by atoms with E-state index in [1.807, 2.05) is 0 Å². The molecule has 104 valence electrons. The normalized spacial score (nSPS) is 16.2. The average molecular weight is 453 g/mol. The molecule has 0 aliphatic heterocycles. The lowest BCUT2D eigenvalue weighted by Crippen LogP contribution is -2.61. The van der Waals surface area contributed by atoms with Gasteiger partial charge in [-0.15, -0.1) is 0 Å². The van der Waals surface area contributed by atoms with Gasteiger partial charge in [-0.3, -0.25) is 0 Å². The number of rotatable bonds is 2. The first kappa shape index (κ1) is 19.8. The van der Waals surface area contributed by atoms with Crippen LogP contribution in [0, 0.1) is 0 Å². The topological polar surface area (TPSA) is 0 Å². The lowest BCUT2D eigenvalue weighted by Gasteiger charge is -2.43. The average Bonchev–Trinajstić information content (AvgIpc) is 1.98. The lowest BCUT2D eigenvalue weighted by atomic mass is 10.1. The molecule has 0 saturated carbocycles. The Balaban J connectivity index is 5.73. The van der Waals surface area contributed by atoms with Crippen LogP contribution in [0.25, 0.3) is 0 Å². The van der Waals surface area contributed by atoms with Crippen molar-refractivity contribution in [2.75, 3.05) is 0 Å². The van der Waals surface area contributed by atoms with Gasteiger partial charge in [0.2, 0.25) is 16.3 Å². The third kappa shape index (κ3) is 3.51. The molecule has 0 rings (SSSR count). The van der Waals surface area contributed by atoms with Crippen molar-refractivity contribution in [3.63, 3.8) is 0 Å². The highest BCUT2D eigenvalue weighted by atomic mass is 35.6. The summed E-state index contributed by atoms with van der Waals surface area (Å²) in [6, 6.07) is 0. The summed E-state index contributed by atoms with van der Waals surface area (Å²) in [6.45, 7) is 0. The maximum Gasteiger partial charge on any atom is 0.321 e. The lowest BCUT2D eigenvalue weighted by molar-refractivity contribution is -0.0311. The highest BCUT2D eigenvalue weighted by Crippen LogP contribution is 2.64. The summed E-state index contributed by atoms with van der Waals surface area (Å²) in [6.07, 6.45) is 0. The number of hydrogen-bond acceptors (Lipinski definition) is 0. The Kier molecular flexibility index (Phi) is 6.41. The first-order valence-corrected chi connectivity index (χ1v) is 7.05. The van der Waals surface area contributed by atoms with Crippen molar-refractivity contribution in [3.05, 3.63) is 0 Å². The minimum absolute atomic E-state index is 2.84. The second kappa shape index (κ2) is 5.51. The molecule has 0 aliphatic rings. The molecule has 0 N–H and O–H groups in total. The van der Waals surface area contributed by atoms with Crippen LogP contribution in [0.3, 0.4) is 0 Å². The molecule has 0 fully saturated rings. The zero-order valence-electron chi connectivity index (χ0n) is 7.04. The summed E-state index contributed by atoms with van der Waals surface area (Å²) in [5.41, 5.74) is 0. The predicted octanol–water partition coefficient (Wildman–Crippen LogP) is 6.71. The molecule has 0 unspecified atom stereocenters. The quantitative estimate of drug-likeness (QED) is 0.409. The second-order valence-electron chi connectivity index (χ2n) is 2.72.